The van der Waals surface area contributed by atoms with Gasteiger partial charge in [0, 0.05) is 18.2 Å². The summed E-state index contributed by atoms with van der Waals surface area (Å²) >= 11 is 0. The molecular formula is C16H22ClN5O. The molecule has 6 nitrogen and oxygen atoms in total. The molecule has 0 spiro atoms. The van der Waals surface area contributed by atoms with E-state index in [9.17, 15) is 4.79 Å². The molecule has 0 radical (unpaired) electrons. The lowest BCUT2D eigenvalue weighted by Gasteiger charge is -2.27. The second kappa shape index (κ2) is 8.08. The first-order valence-electron chi connectivity index (χ1n) is 7.74. The fourth-order valence-corrected chi connectivity index (χ4v) is 2.97. The molecule has 1 aromatic heterocycles. The summed E-state index contributed by atoms with van der Waals surface area (Å²) in [4.78, 5) is 13.7. The Morgan fingerprint density at radius 2 is 1.83 bits per heavy atom. The minimum absolute atomic E-state index is 0. The molecule has 2 atom stereocenters. The Labute approximate surface area is 141 Å². The van der Waals surface area contributed by atoms with Crippen molar-refractivity contribution in [1.82, 2.24) is 15.0 Å². The number of hydrogen-bond donors (Lipinski definition) is 2. The highest BCUT2D eigenvalue weighted by Gasteiger charge is 2.24. The van der Waals surface area contributed by atoms with Crippen LogP contribution in [0.15, 0.2) is 36.7 Å². The van der Waals surface area contributed by atoms with Crippen LogP contribution in [0.3, 0.4) is 0 Å². The molecule has 1 amide bonds. The Kier molecular flexibility index (Phi) is 6.12. The molecule has 1 heterocycles. The van der Waals surface area contributed by atoms with E-state index >= 15 is 0 Å². The summed E-state index contributed by atoms with van der Waals surface area (Å²) < 4.78 is 0. The average molecular weight is 336 g/mol. The SMILES string of the molecule is Cl.NC1CCCCC1CC(=O)Nc1ccc(-n2nccn2)cc1. The van der Waals surface area contributed by atoms with Crippen molar-refractivity contribution in [3.63, 3.8) is 0 Å². The van der Waals surface area contributed by atoms with Crippen molar-refractivity contribution in [1.29, 1.82) is 0 Å². The van der Waals surface area contributed by atoms with Gasteiger partial charge in [0.15, 0.2) is 0 Å². The van der Waals surface area contributed by atoms with Gasteiger partial charge >= 0.3 is 0 Å². The Bertz CT molecular complexity index is 614. The van der Waals surface area contributed by atoms with Crippen LogP contribution in [-0.4, -0.2) is 26.9 Å². The number of carbonyl (C=O) groups excluding carboxylic acids is 1. The van der Waals surface area contributed by atoms with Crippen LogP contribution in [0.1, 0.15) is 32.1 Å². The number of amides is 1. The minimum atomic E-state index is 0. The standard InChI is InChI=1S/C16H21N5O.ClH/c17-15-4-2-1-3-12(15)11-16(22)20-13-5-7-14(8-6-13)21-18-9-10-19-21;/h5-10,12,15H,1-4,11,17H2,(H,20,22);1H. The highest BCUT2D eigenvalue weighted by atomic mass is 35.5. The lowest BCUT2D eigenvalue weighted by Crippen LogP contribution is -2.35. The van der Waals surface area contributed by atoms with Gasteiger partial charge in [-0.1, -0.05) is 12.8 Å². The van der Waals surface area contributed by atoms with E-state index in [0.717, 1.165) is 24.2 Å². The molecule has 1 aromatic carbocycles. The van der Waals surface area contributed by atoms with Gasteiger partial charge in [0.2, 0.25) is 5.91 Å². The van der Waals surface area contributed by atoms with Crippen LogP contribution < -0.4 is 11.1 Å². The van der Waals surface area contributed by atoms with Crippen LogP contribution in [-0.2, 0) is 4.79 Å². The van der Waals surface area contributed by atoms with Gasteiger partial charge in [-0.3, -0.25) is 4.79 Å². The Morgan fingerprint density at radius 3 is 2.48 bits per heavy atom. The summed E-state index contributed by atoms with van der Waals surface area (Å²) in [5.74, 6) is 0.341. The number of nitrogens with zero attached hydrogens (tertiary/aromatic N) is 3. The van der Waals surface area contributed by atoms with Crippen molar-refractivity contribution >= 4 is 24.0 Å². The predicted molar refractivity (Wildman–Crippen MR) is 91.8 cm³/mol. The van der Waals surface area contributed by atoms with E-state index < -0.39 is 0 Å². The van der Waals surface area contributed by atoms with Crippen LogP contribution in [0.25, 0.3) is 5.69 Å². The van der Waals surface area contributed by atoms with E-state index in [0.29, 0.717) is 12.3 Å². The molecule has 0 bridgehead atoms. The van der Waals surface area contributed by atoms with Gasteiger partial charge in [-0.25, -0.2) is 0 Å². The summed E-state index contributed by atoms with van der Waals surface area (Å²) in [5, 5.41) is 11.1. The van der Waals surface area contributed by atoms with Crippen molar-refractivity contribution in [3.8, 4) is 5.69 Å². The summed E-state index contributed by atoms with van der Waals surface area (Å²) in [6.07, 6.45) is 8.21. The Morgan fingerprint density at radius 1 is 1.17 bits per heavy atom. The maximum atomic E-state index is 12.1. The number of hydrogen-bond acceptors (Lipinski definition) is 4. The molecule has 23 heavy (non-hydrogen) atoms. The molecule has 7 heteroatoms. The first-order valence-corrected chi connectivity index (χ1v) is 7.74. The third kappa shape index (κ3) is 4.53. The van der Waals surface area contributed by atoms with Gasteiger partial charge in [0.25, 0.3) is 0 Å². The smallest absolute Gasteiger partial charge is 0.224 e. The molecule has 1 fully saturated rings. The number of benzene rings is 1. The lowest BCUT2D eigenvalue weighted by atomic mass is 9.83. The van der Waals surface area contributed by atoms with Gasteiger partial charge in [-0.15, -0.1) is 12.4 Å². The molecule has 3 N–H and O–H groups in total. The molecule has 2 unspecified atom stereocenters. The van der Waals surface area contributed by atoms with Crippen LogP contribution in [0.4, 0.5) is 5.69 Å². The average Bonchev–Trinajstić information content (AvgIpc) is 3.05. The molecule has 1 aliphatic rings. The van der Waals surface area contributed by atoms with Gasteiger partial charge in [0.1, 0.15) is 0 Å². The van der Waals surface area contributed by atoms with E-state index in [1.165, 1.54) is 17.6 Å². The molecule has 124 valence electrons. The second-order valence-electron chi connectivity index (χ2n) is 5.83. The highest BCUT2D eigenvalue weighted by molar-refractivity contribution is 5.91. The second-order valence-corrected chi connectivity index (χ2v) is 5.83. The molecule has 3 rings (SSSR count). The van der Waals surface area contributed by atoms with Crippen LogP contribution in [0.5, 0.6) is 0 Å². The lowest BCUT2D eigenvalue weighted by molar-refractivity contribution is -0.117. The first-order chi connectivity index (χ1) is 10.7. The van der Waals surface area contributed by atoms with Crippen LogP contribution in [0.2, 0.25) is 0 Å². The van der Waals surface area contributed by atoms with Crippen molar-refractivity contribution in [2.24, 2.45) is 11.7 Å². The van der Waals surface area contributed by atoms with Crippen molar-refractivity contribution < 1.29 is 4.79 Å². The number of nitrogens with two attached hydrogens (primary N) is 1. The zero-order valence-electron chi connectivity index (χ0n) is 12.9. The zero-order valence-corrected chi connectivity index (χ0v) is 13.7. The number of rotatable bonds is 4. The normalized spacial score (nSPS) is 20.6. The molecule has 0 saturated heterocycles. The first kappa shape index (κ1) is 17.4. The van der Waals surface area contributed by atoms with Crippen LogP contribution in [0, 0.1) is 5.92 Å². The molecule has 1 aliphatic carbocycles. The molecule has 2 aromatic rings. The Hall–Kier alpha value is -1.92. The van der Waals surface area contributed by atoms with Crippen LogP contribution >= 0.6 is 12.4 Å². The quantitative estimate of drug-likeness (QED) is 0.899. The van der Waals surface area contributed by atoms with E-state index in [2.05, 4.69) is 15.5 Å². The van der Waals surface area contributed by atoms with Crippen molar-refractivity contribution in [2.45, 2.75) is 38.1 Å². The van der Waals surface area contributed by atoms with Gasteiger partial charge in [-0.2, -0.15) is 15.0 Å². The monoisotopic (exact) mass is 335 g/mol. The van der Waals surface area contributed by atoms with E-state index in [4.69, 9.17) is 5.73 Å². The number of halogens is 1. The largest absolute Gasteiger partial charge is 0.327 e. The Balaban J connectivity index is 0.00000192. The number of nitrogens with one attached hydrogen (secondary N) is 1. The number of aromatic nitrogens is 3. The zero-order chi connectivity index (χ0) is 15.4. The van der Waals surface area contributed by atoms with Gasteiger partial charge < -0.3 is 11.1 Å². The summed E-state index contributed by atoms with van der Waals surface area (Å²) in [7, 11) is 0. The molecular weight excluding hydrogens is 314 g/mol. The minimum Gasteiger partial charge on any atom is -0.327 e. The fourth-order valence-electron chi connectivity index (χ4n) is 2.97. The molecule has 0 aliphatic heterocycles. The van der Waals surface area contributed by atoms with E-state index in [-0.39, 0.29) is 24.4 Å². The van der Waals surface area contributed by atoms with Gasteiger partial charge in [0.05, 0.1) is 18.1 Å². The third-order valence-electron chi connectivity index (χ3n) is 4.22. The summed E-state index contributed by atoms with van der Waals surface area (Å²) in [6.45, 7) is 0. The molecule has 1 saturated carbocycles. The third-order valence-corrected chi connectivity index (χ3v) is 4.22. The predicted octanol–water partition coefficient (Wildman–Crippen LogP) is 2.54. The van der Waals surface area contributed by atoms with Crippen molar-refractivity contribution in [3.05, 3.63) is 36.7 Å². The maximum absolute atomic E-state index is 12.1. The number of anilines is 1. The summed E-state index contributed by atoms with van der Waals surface area (Å²) in [5.41, 5.74) is 7.74. The maximum Gasteiger partial charge on any atom is 0.224 e. The number of carbonyl (C=O) groups is 1. The highest BCUT2D eigenvalue weighted by Crippen LogP contribution is 2.26. The fraction of sp³-hybridized carbons (Fsp3) is 0.438. The van der Waals surface area contributed by atoms with E-state index in [1.807, 2.05) is 24.3 Å². The van der Waals surface area contributed by atoms with E-state index in [1.54, 1.807) is 12.4 Å². The van der Waals surface area contributed by atoms with Crippen molar-refractivity contribution in [2.75, 3.05) is 5.32 Å². The van der Waals surface area contributed by atoms with Gasteiger partial charge in [-0.05, 0) is 43.0 Å². The topological polar surface area (TPSA) is 85.8 Å². The summed E-state index contributed by atoms with van der Waals surface area (Å²) in [6, 6.07) is 7.63.